The Morgan fingerprint density at radius 3 is 1.33 bits per heavy atom. The minimum Gasteiger partial charge on any atom is -0.547 e. The highest BCUT2D eigenvalue weighted by Gasteiger charge is 2.50. The fraction of sp³-hybridized carbons (Fsp3) is 0.833. The van der Waals surface area contributed by atoms with E-state index in [0.717, 1.165) is 0 Å². The summed E-state index contributed by atoms with van der Waals surface area (Å²) in [5.41, 5.74) is -5.64. The molecular weight excluding hydrogens is 240 g/mol. The summed E-state index contributed by atoms with van der Waals surface area (Å²) in [6, 6.07) is 0. The molecule has 0 amide bonds. The van der Waals surface area contributed by atoms with Crippen molar-refractivity contribution in [1.82, 2.24) is 0 Å². The van der Waals surface area contributed by atoms with Gasteiger partial charge in [0, 0.05) is 0 Å². The molecule has 0 fully saturated rings. The van der Waals surface area contributed by atoms with Gasteiger partial charge < -0.3 is 30.0 Å². The van der Waals surface area contributed by atoms with Gasteiger partial charge in [0.05, 0.1) is 11.9 Å². The molecule has 2 atom stereocenters. The van der Waals surface area contributed by atoms with E-state index in [2.05, 4.69) is 0 Å². The van der Waals surface area contributed by atoms with Gasteiger partial charge in [0.25, 0.3) is 0 Å². The molecule has 0 aliphatic heterocycles. The normalized spacial score (nSPS) is 17.8. The van der Waals surface area contributed by atoms with Gasteiger partial charge in [-0.05, 0) is 12.8 Å². The summed E-state index contributed by atoms with van der Waals surface area (Å²) in [4.78, 5) is 22.1. The van der Waals surface area contributed by atoms with Crippen LogP contribution in [-0.2, 0) is 9.59 Å². The molecule has 106 valence electrons. The van der Waals surface area contributed by atoms with Crippen LogP contribution < -0.4 is 10.2 Å². The molecule has 2 N–H and O–H groups in total. The highest BCUT2D eigenvalue weighted by atomic mass is 16.5. The third kappa shape index (κ3) is 3.20. The molecule has 0 saturated heterocycles. The fourth-order valence-corrected chi connectivity index (χ4v) is 1.82. The van der Waals surface area contributed by atoms with Crippen LogP contribution in [0.15, 0.2) is 0 Å². The first-order valence-corrected chi connectivity index (χ1v) is 6.14. The van der Waals surface area contributed by atoms with E-state index in [9.17, 15) is 30.0 Å². The molecule has 0 bridgehead atoms. The van der Waals surface area contributed by atoms with E-state index in [1.54, 1.807) is 13.8 Å². The van der Waals surface area contributed by atoms with Crippen molar-refractivity contribution in [3.05, 3.63) is 0 Å². The molecule has 0 aromatic carbocycles. The van der Waals surface area contributed by atoms with Crippen molar-refractivity contribution in [2.24, 2.45) is 0 Å². The first-order valence-electron chi connectivity index (χ1n) is 6.14. The number of carboxylic acids is 2. The van der Waals surface area contributed by atoms with Gasteiger partial charge in [0.2, 0.25) is 0 Å². The number of hydrogen-bond acceptors (Lipinski definition) is 6. The van der Waals surface area contributed by atoms with Crippen molar-refractivity contribution in [2.75, 3.05) is 0 Å². The molecular formula is C12H20O6-2. The van der Waals surface area contributed by atoms with Crippen LogP contribution >= 0.6 is 0 Å². The van der Waals surface area contributed by atoms with Crippen LogP contribution in [0.2, 0.25) is 0 Å². The van der Waals surface area contributed by atoms with E-state index in [1.165, 1.54) is 0 Å². The molecule has 0 heterocycles. The van der Waals surface area contributed by atoms with E-state index >= 15 is 0 Å². The average Bonchev–Trinajstić information content (AvgIpc) is 2.32. The van der Waals surface area contributed by atoms with Crippen LogP contribution in [0, 0.1) is 0 Å². The van der Waals surface area contributed by atoms with E-state index < -0.39 is 23.1 Å². The summed E-state index contributed by atoms with van der Waals surface area (Å²) in [5.74, 6) is -3.97. The number of aliphatic carboxylic acids is 2. The van der Waals surface area contributed by atoms with Crippen LogP contribution in [-0.4, -0.2) is 33.4 Å². The van der Waals surface area contributed by atoms with E-state index in [4.69, 9.17) is 0 Å². The second-order valence-corrected chi connectivity index (χ2v) is 4.50. The van der Waals surface area contributed by atoms with Crippen LogP contribution in [0.25, 0.3) is 0 Å². The van der Waals surface area contributed by atoms with Gasteiger partial charge in [-0.1, -0.05) is 39.5 Å². The maximum Gasteiger partial charge on any atom is 0.138 e. The van der Waals surface area contributed by atoms with Gasteiger partial charge in [0.15, 0.2) is 0 Å². The van der Waals surface area contributed by atoms with E-state index in [1.807, 2.05) is 0 Å². The van der Waals surface area contributed by atoms with Gasteiger partial charge in [0.1, 0.15) is 11.2 Å². The summed E-state index contributed by atoms with van der Waals surface area (Å²) in [7, 11) is 0. The number of rotatable bonds is 9. The van der Waals surface area contributed by atoms with Crippen molar-refractivity contribution in [3.63, 3.8) is 0 Å². The van der Waals surface area contributed by atoms with Gasteiger partial charge in [-0.15, -0.1) is 0 Å². The predicted molar refractivity (Wildman–Crippen MR) is 59.0 cm³/mol. The number of unbranched alkanes of at least 4 members (excludes halogenated alkanes) is 2. The maximum atomic E-state index is 11.0. The molecule has 0 aromatic heterocycles. The number of hydrogen-bond donors (Lipinski definition) is 2. The second kappa shape index (κ2) is 6.70. The highest BCUT2D eigenvalue weighted by molar-refractivity contribution is 5.88. The monoisotopic (exact) mass is 260 g/mol. The molecule has 0 saturated carbocycles. The number of carboxylic acid groups (broad SMARTS) is 2. The van der Waals surface area contributed by atoms with Gasteiger partial charge in [-0.3, -0.25) is 0 Å². The maximum absolute atomic E-state index is 11.0. The molecule has 0 rings (SSSR count). The summed E-state index contributed by atoms with van der Waals surface area (Å²) >= 11 is 0. The third-order valence-corrected chi connectivity index (χ3v) is 3.14. The van der Waals surface area contributed by atoms with Crippen molar-refractivity contribution in [1.29, 1.82) is 0 Å². The molecule has 0 aromatic rings. The molecule has 6 nitrogen and oxygen atoms in total. The SMILES string of the molecule is CCCC[C@](O)(C(=O)[O-])[C@](O)(CCCC)C(=O)[O-]. The van der Waals surface area contributed by atoms with Gasteiger partial charge in [-0.2, -0.15) is 0 Å². The minimum absolute atomic E-state index is 0.256. The Bertz CT molecular complexity index is 273. The first-order chi connectivity index (χ1) is 8.26. The zero-order valence-corrected chi connectivity index (χ0v) is 10.8. The lowest BCUT2D eigenvalue weighted by Gasteiger charge is -2.45. The lowest BCUT2D eigenvalue weighted by atomic mass is 9.76. The van der Waals surface area contributed by atoms with Crippen molar-refractivity contribution in [3.8, 4) is 0 Å². The molecule has 6 heteroatoms. The lowest BCUT2D eigenvalue weighted by molar-refractivity contribution is -0.359. The Kier molecular flexibility index (Phi) is 6.28. The zero-order valence-electron chi connectivity index (χ0n) is 10.8. The first kappa shape index (κ1) is 16.9. The largest absolute Gasteiger partial charge is 0.547 e. The standard InChI is InChI=1S/C12H22O6/c1-3-5-7-11(17,9(13)14)12(18,10(15)16)8-6-4-2/h17-18H,3-8H2,1-2H3,(H,13,14)(H,15,16)/p-2/t11-,12-/m0/s1. The third-order valence-electron chi connectivity index (χ3n) is 3.14. The predicted octanol–water partition coefficient (Wildman–Crippen LogP) is -1.67. The Hall–Kier alpha value is -1.14. The van der Waals surface area contributed by atoms with Crippen LogP contribution in [0.4, 0.5) is 0 Å². The molecule has 18 heavy (non-hydrogen) atoms. The quantitative estimate of drug-likeness (QED) is 0.511. The summed E-state index contributed by atoms with van der Waals surface area (Å²) < 4.78 is 0. The van der Waals surface area contributed by atoms with E-state index in [0.29, 0.717) is 12.8 Å². The van der Waals surface area contributed by atoms with Crippen LogP contribution in [0.1, 0.15) is 52.4 Å². The summed E-state index contributed by atoms with van der Waals surface area (Å²) in [6.07, 6.45) is 0.831. The van der Waals surface area contributed by atoms with Crippen molar-refractivity contribution < 1.29 is 30.0 Å². The second-order valence-electron chi connectivity index (χ2n) is 4.50. The summed E-state index contributed by atoms with van der Waals surface area (Å²) in [5, 5.41) is 42.1. The fourth-order valence-electron chi connectivity index (χ4n) is 1.82. The van der Waals surface area contributed by atoms with Crippen LogP contribution in [0.3, 0.4) is 0 Å². The number of carbonyl (C=O) groups is 2. The smallest absolute Gasteiger partial charge is 0.138 e. The van der Waals surface area contributed by atoms with Crippen LogP contribution in [0.5, 0.6) is 0 Å². The van der Waals surface area contributed by atoms with Gasteiger partial charge >= 0.3 is 0 Å². The Morgan fingerprint density at radius 1 is 0.889 bits per heavy atom. The lowest BCUT2D eigenvalue weighted by Crippen LogP contribution is -2.70. The van der Waals surface area contributed by atoms with E-state index in [-0.39, 0.29) is 25.7 Å². The van der Waals surface area contributed by atoms with Gasteiger partial charge in [-0.25, -0.2) is 0 Å². The Morgan fingerprint density at radius 2 is 1.17 bits per heavy atom. The summed E-state index contributed by atoms with van der Waals surface area (Å²) in [6.45, 7) is 3.50. The molecule has 0 unspecified atom stereocenters. The highest BCUT2D eigenvalue weighted by Crippen LogP contribution is 2.32. The molecule has 0 aliphatic rings. The Labute approximate surface area is 106 Å². The van der Waals surface area contributed by atoms with Crippen molar-refractivity contribution >= 4 is 11.9 Å². The molecule has 0 radical (unpaired) electrons. The zero-order chi connectivity index (χ0) is 14.4. The minimum atomic E-state index is -2.82. The number of aliphatic hydroxyl groups is 2. The number of carbonyl (C=O) groups excluding carboxylic acids is 2. The van der Waals surface area contributed by atoms with Crippen molar-refractivity contribution in [2.45, 2.75) is 63.6 Å². The topological polar surface area (TPSA) is 121 Å². The Balaban J connectivity index is 5.34. The molecule has 0 spiro atoms. The molecule has 0 aliphatic carbocycles. The average molecular weight is 260 g/mol.